The van der Waals surface area contributed by atoms with Crippen LogP contribution < -0.4 is 20.1 Å². The maximum Gasteiger partial charge on any atom is 0.291 e. The van der Waals surface area contributed by atoms with Crippen LogP contribution in [0.1, 0.15) is 38.2 Å². The van der Waals surface area contributed by atoms with Crippen LogP contribution in [-0.2, 0) is 0 Å². The van der Waals surface area contributed by atoms with Crippen LogP contribution in [-0.4, -0.2) is 25.1 Å². The van der Waals surface area contributed by atoms with Crippen molar-refractivity contribution in [2.24, 2.45) is 0 Å². The number of carbonyl (C=O) groups is 1. The number of nitrogens with one attached hydrogen (secondary N) is 2. The molecule has 170 valence electrons. The molecule has 3 aromatic heterocycles. The third-order valence-electron chi connectivity index (χ3n) is 5.40. The van der Waals surface area contributed by atoms with E-state index >= 15 is 0 Å². The average Bonchev–Trinajstić information content (AvgIpc) is 3.47. The van der Waals surface area contributed by atoms with E-state index in [0.717, 1.165) is 26.6 Å². The molecule has 33 heavy (non-hydrogen) atoms. The highest BCUT2D eigenvalue weighted by Crippen LogP contribution is 2.43. The minimum absolute atomic E-state index is 0.251. The van der Waals surface area contributed by atoms with Crippen LogP contribution in [0, 0.1) is 13.8 Å². The number of ether oxygens (including phenoxy) is 2. The van der Waals surface area contributed by atoms with Gasteiger partial charge in [-0.15, -0.1) is 11.3 Å². The zero-order chi connectivity index (χ0) is 23.4. The SMILES string of the molecule is COc1ccc(C(Nc2ccccn2)c2c(NC(=O)c3ccco3)sc(C)c2C)c(OC)c1. The molecule has 4 rings (SSSR count). The molecule has 0 fully saturated rings. The van der Waals surface area contributed by atoms with Crippen molar-refractivity contribution in [2.45, 2.75) is 19.9 Å². The van der Waals surface area contributed by atoms with Crippen LogP contribution in [0.25, 0.3) is 0 Å². The minimum atomic E-state index is -0.349. The first-order chi connectivity index (χ1) is 16.0. The summed E-state index contributed by atoms with van der Waals surface area (Å²) in [4.78, 5) is 18.3. The summed E-state index contributed by atoms with van der Waals surface area (Å²) in [6.07, 6.45) is 3.21. The van der Waals surface area contributed by atoms with E-state index in [1.54, 1.807) is 32.5 Å². The molecule has 0 saturated carbocycles. The van der Waals surface area contributed by atoms with Crippen LogP contribution in [0.2, 0.25) is 0 Å². The van der Waals surface area contributed by atoms with Gasteiger partial charge in [-0.25, -0.2) is 4.98 Å². The fourth-order valence-electron chi connectivity index (χ4n) is 3.62. The number of aryl methyl sites for hydroxylation is 1. The number of hydrogen-bond donors (Lipinski definition) is 2. The van der Waals surface area contributed by atoms with E-state index in [4.69, 9.17) is 13.9 Å². The summed E-state index contributed by atoms with van der Waals surface area (Å²) in [7, 11) is 3.24. The Morgan fingerprint density at radius 2 is 1.94 bits per heavy atom. The maximum absolute atomic E-state index is 12.8. The number of thiophene rings is 1. The van der Waals surface area contributed by atoms with Gasteiger partial charge >= 0.3 is 0 Å². The van der Waals surface area contributed by atoms with Crippen LogP contribution in [0.4, 0.5) is 10.8 Å². The Kier molecular flexibility index (Phi) is 6.65. The average molecular weight is 464 g/mol. The summed E-state index contributed by atoms with van der Waals surface area (Å²) in [5.41, 5.74) is 2.89. The molecule has 1 amide bonds. The highest BCUT2D eigenvalue weighted by molar-refractivity contribution is 7.16. The van der Waals surface area contributed by atoms with Gasteiger partial charge in [-0.05, 0) is 55.8 Å². The number of carbonyl (C=O) groups excluding carboxylic acids is 1. The van der Waals surface area contributed by atoms with E-state index in [-0.39, 0.29) is 17.7 Å². The first kappa shape index (κ1) is 22.4. The highest BCUT2D eigenvalue weighted by Gasteiger charge is 2.28. The summed E-state index contributed by atoms with van der Waals surface area (Å²) in [5.74, 6) is 2.00. The highest BCUT2D eigenvalue weighted by atomic mass is 32.1. The molecule has 1 atom stereocenters. The Morgan fingerprint density at radius 3 is 2.61 bits per heavy atom. The van der Waals surface area contributed by atoms with Gasteiger partial charge < -0.3 is 24.5 Å². The summed E-state index contributed by atoms with van der Waals surface area (Å²) in [6, 6.07) is 14.4. The third kappa shape index (κ3) is 4.70. The van der Waals surface area contributed by atoms with Gasteiger partial charge in [0.1, 0.15) is 22.3 Å². The van der Waals surface area contributed by atoms with Gasteiger partial charge in [-0.1, -0.05) is 6.07 Å². The molecule has 1 aromatic carbocycles. The molecule has 0 spiro atoms. The van der Waals surface area contributed by atoms with Crippen molar-refractivity contribution in [3.8, 4) is 11.5 Å². The van der Waals surface area contributed by atoms with E-state index in [1.165, 1.54) is 17.6 Å². The fraction of sp³-hybridized carbons (Fsp3) is 0.200. The molecular weight excluding hydrogens is 438 g/mol. The normalized spacial score (nSPS) is 11.6. The van der Waals surface area contributed by atoms with Crippen molar-refractivity contribution >= 4 is 28.1 Å². The molecule has 0 radical (unpaired) electrons. The van der Waals surface area contributed by atoms with Crippen LogP contribution in [0.3, 0.4) is 0 Å². The molecule has 0 bridgehead atoms. The Labute approximate surface area is 196 Å². The second kappa shape index (κ2) is 9.79. The molecule has 0 aliphatic rings. The van der Waals surface area contributed by atoms with Crippen LogP contribution in [0.5, 0.6) is 11.5 Å². The first-order valence-corrected chi connectivity index (χ1v) is 11.2. The summed E-state index contributed by atoms with van der Waals surface area (Å²) in [5, 5.41) is 7.29. The Hall–Kier alpha value is -3.78. The Bertz CT molecular complexity index is 1240. The largest absolute Gasteiger partial charge is 0.497 e. The van der Waals surface area contributed by atoms with Crippen LogP contribution in [0.15, 0.2) is 65.4 Å². The molecule has 8 heteroatoms. The molecule has 3 heterocycles. The lowest BCUT2D eigenvalue weighted by Crippen LogP contribution is -2.18. The monoisotopic (exact) mass is 463 g/mol. The van der Waals surface area contributed by atoms with Gasteiger partial charge in [0.05, 0.1) is 26.5 Å². The molecule has 1 unspecified atom stereocenters. The Morgan fingerprint density at radius 1 is 1.09 bits per heavy atom. The Balaban J connectivity index is 1.83. The van der Waals surface area contributed by atoms with Gasteiger partial charge in [0.25, 0.3) is 5.91 Å². The molecule has 0 saturated heterocycles. The number of amides is 1. The van der Waals surface area contributed by atoms with Crippen LogP contribution >= 0.6 is 11.3 Å². The van der Waals surface area contributed by atoms with Crippen molar-refractivity contribution in [3.63, 3.8) is 0 Å². The number of rotatable bonds is 8. The van der Waals surface area contributed by atoms with Crippen molar-refractivity contribution in [1.29, 1.82) is 0 Å². The number of aromatic nitrogens is 1. The van der Waals surface area contributed by atoms with Gasteiger partial charge in [-0.3, -0.25) is 4.79 Å². The van der Waals surface area contributed by atoms with Crippen molar-refractivity contribution in [2.75, 3.05) is 24.9 Å². The molecule has 4 aromatic rings. The van der Waals surface area contributed by atoms with Gasteiger partial charge in [-0.2, -0.15) is 0 Å². The molecule has 0 aliphatic carbocycles. The van der Waals surface area contributed by atoms with E-state index in [0.29, 0.717) is 17.3 Å². The zero-order valence-corrected chi connectivity index (χ0v) is 19.7. The number of furan rings is 1. The lowest BCUT2D eigenvalue weighted by Gasteiger charge is -2.24. The predicted molar refractivity (Wildman–Crippen MR) is 130 cm³/mol. The van der Waals surface area contributed by atoms with Crippen molar-refractivity contribution in [3.05, 3.63) is 88.3 Å². The predicted octanol–water partition coefficient (Wildman–Crippen LogP) is 5.82. The minimum Gasteiger partial charge on any atom is -0.497 e. The fourth-order valence-corrected chi connectivity index (χ4v) is 4.71. The smallest absolute Gasteiger partial charge is 0.291 e. The summed E-state index contributed by atoms with van der Waals surface area (Å²) >= 11 is 1.52. The first-order valence-electron chi connectivity index (χ1n) is 10.4. The number of nitrogens with zero attached hydrogens (tertiary/aromatic N) is 1. The lowest BCUT2D eigenvalue weighted by molar-refractivity contribution is 0.0997. The quantitative estimate of drug-likeness (QED) is 0.342. The second-order valence-corrected chi connectivity index (χ2v) is 8.58. The summed E-state index contributed by atoms with van der Waals surface area (Å²) in [6.45, 7) is 4.09. The second-order valence-electron chi connectivity index (χ2n) is 7.36. The van der Waals surface area contributed by atoms with Gasteiger partial charge in [0, 0.05) is 28.3 Å². The number of benzene rings is 1. The molecule has 7 nitrogen and oxygen atoms in total. The molecule has 0 aliphatic heterocycles. The lowest BCUT2D eigenvalue weighted by atomic mass is 9.95. The van der Waals surface area contributed by atoms with Crippen molar-refractivity contribution < 1.29 is 18.7 Å². The number of anilines is 2. The van der Waals surface area contributed by atoms with Gasteiger partial charge in [0.15, 0.2) is 5.76 Å². The van der Waals surface area contributed by atoms with E-state index in [1.807, 2.05) is 50.2 Å². The number of methoxy groups -OCH3 is 2. The standard InChI is InChI=1S/C25H25N3O4S/c1-15-16(2)33-25(28-24(29)19-8-7-13-32-19)22(15)23(27-21-9-5-6-12-26-21)18-11-10-17(30-3)14-20(18)31-4/h5-14,23H,1-4H3,(H,26,27)(H,28,29). The zero-order valence-electron chi connectivity index (χ0n) is 18.8. The number of hydrogen-bond acceptors (Lipinski definition) is 7. The van der Waals surface area contributed by atoms with E-state index in [2.05, 4.69) is 15.6 Å². The third-order valence-corrected chi connectivity index (χ3v) is 6.54. The van der Waals surface area contributed by atoms with Crippen molar-refractivity contribution in [1.82, 2.24) is 4.98 Å². The molecule has 2 N–H and O–H groups in total. The van der Waals surface area contributed by atoms with E-state index in [9.17, 15) is 4.79 Å². The topological polar surface area (TPSA) is 85.6 Å². The van der Waals surface area contributed by atoms with E-state index < -0.39 is 0 Å². The maximum atomic E-state index is 12.8. The summed E-state index contributed by atoms with van der Waals surface area (Å²) < 4.78 is 16.4. The molecular formula is C25H25N3O4S. The number of pyridine rings is 1. The van der Waals surface area contributed by atoms with Gasteiger partial charge in [0.2, 0.25) is 0 Å².